The van der Waals surface area contributed by atoms with E-state index in [1.54, 1.807) is 12.1 Å². The molecule has 2 aromatic heterocycles. The minimum absolute atomic E-state index is 0.0186. The van der Waals surface area contributed by atoms with E-state index in [1.165, 1.54) is 11.3 Å². The van der Waals surface area contributed by atoms with Gasteiger partial charge in [0.25, 0.3) is 11.8 Å². The highest BCUT2D eigenvalue weighted by atomic mass is 32.1. The lowest BCUT2D eigenvalue weighted by Crippen LogP contribution is -2.25. The Bertz CT molecular complexity index is 1250. The lowest BCUT2D eigenvalue weighted by atomic mass is 10.1. The second-order valence-electron chi connectivity index (χ2n) is 6.68. The summed E-state index contributed by atoms with van der Waals surface area (Å²) >= 11 is 1.34. The maximum atomic E-state index is 12.7. The zero-order valence-corrected chi connectivity index (χ0v) is 16.5. The van der Waals surface area contributed by atoms with Gasteiger partial charge >= 0.3 is 0 Å². The van der Waals surface area contributed by atoms with Gasteiger partial charge in [-0.1, -0.05) is 6.07 Å². The van der Waals surface area contributed by atoms with E-state index in [0.29, 0.717) is 27.8 Å². The first kappa shape index (κ1) is 18.1. The number of rotatable bonds is 4. The van der Waals surface area contributed by atoms with Crippen molar-refractivity contribution in [2.24, 2.45) is 0 Å². The van der Waals surface area contributed by atoms with Gasteiger partial charge in [-0.25, -0.2) is 4.98 Å². The Morgan fingerprint density at radius 3 is 2.87 bits per heavy atom. The van der Waals surface area contributed by atoms with Gasteiger partial charge in [-0.15, -0.1) is 11.3 Å². The fraction of sp³-hybridized carbons (Fsp3) is 0.0455. The molecule has 1 aliphatic heterocycles. The number of nitrogens with one attached hydrogen (secondary N) is 2. The summed E-state index contributed by atoms with van der Waals surface area (Å²) in [6.45, 7) is 0.0186. The largest absolute Gasteiger partial charge is 0.482 e. The molecule has 0 saturated carbocycles. The molecule has 148 valence electrons. The Morgan fingerprint density at radius 1 is 1.13 bits per heavy atom. The van der Waals surface area contributed by atoms with Gasteiger partial charge in [-0.05, 0) is 48.5 Å². The average Bonchev–Trinajstić information content (AvgIpc) is 3.46. The fourth-order valence-electron chi connectivity index (χ4n) is 3.19. The Kier molecular flexibility index (Phi) is 4.53. The van der Waals surface area contributed by atoms with Gasteiger partial charge in [0.1, 0.15) is 5.75 Å². The molecule has 0 saturated heterocycles. The van der Waals surface area contributed by atoms with E-state index >= 15 is 0 Å². The molecule has 30 heavy (non-hydrogen) atoms. The first-order valence-electron chi connectivity index (χ1n) is 9.23. The number of nitrogens with zero attached hydrogens (tertiary/aromatic N) is 2. The van der Waals surface area contributed by atoms with Gasteiger partial charge in [0, 0.05) is 34.6 Å². The van der Waals surface area contributed by atoms with Gasteiger partial charge in [-0.3, -0.25) is 14.9 Å². The van der Waals surface area contributed by atoms with Crippen molar-refractivity contribution in [1.82, 2.24) is 9.55 Å². The van der Waals surface area contributed by atoms with Crippen molar-refractivity contribution in [3.05, 3.63) is 77.9 Å². The number of anilines is 2. The van der Waals surface area contributed by atoms with Crippen molar-refractivity contribution >= 4 is 34.0 Å². The van der Waals surface area contributed by atoms with Crippen LogP contribution in [0.1, 0.15) is 10.4 Å². The predicted molar refractivity (Wildman–Crippen MR) is 115 cm³/mol. The first-order chi connectivity index (χ1) is 14.7. The summed E-state index contributed by atoms with van der Waals surface area (Å²) in [5.74, 6) is 0.216. The molecule has 4 aromatic rings. The van der Waals surface area contributed by atoms with E-state index in [1.807, 2.05) is 64.8 Å². The van der Waals surface area contributed by atoms with Crippen molar-refractivity contribution in [3.8, 4) is 22.7 Å². The Balaban J connectivity index is 1.34. The van der Waals surface area contributed by atoms with Crippen LogP contribution >= 0.6 is 11.3 Å². The third kappa shape index (κ3) is 3.56. The number of fused-ring (bicyclic) bond motifs is 1. The van der Waals surface area contributed by atoms with Crippen molar-refractivity contribution in [2.75, 3.05) is 17.2 Å². The van der Waals surface area contributed by atoms with E-state index in [4.69, 9.17) is 4.74 Å². The van der Waals surface area contributed by atoms with Crippen LogP contribution in [-0.4, -0.2) is 28.0 Å². The van der Waals surface area contributed by atoms with Gasteiger partial charge in [0.15, 0.2) is 11.7 Å². The van der Waals surface area contributed by atoms with Gasteiger partial charge in [0.05, 0.1) is 11.4 Å². The topological polar surface area (TPSA) is 85.2 Å². The standard InChI is InChI=1S/C22H16N4O3S/c27-20-12-29-19-7-6-14(11-17(19)23-20)18-13-30-22(24-18)25-21(28)15-4-3-5-16(10-15)26-8-1-2-9-26/h1-11,13H,12H2,(H,23,27)(H,24,25,28). The van der Waals surface area contributed by atoms with Gasteiger partial charge < -0.3 is 14.6 Å². The minimum Gasteiger partial charge on any atom is -0.482 e. The second kappa shape index (κ2) is 7.49. The molecule has 0 spiro atoms. The van der Waals surface area contributed by atoms with E-state index in [-0.39, 0.29) is 18.4 Å². The summed E-state index contributed by atoms with van der Waals surface area (Å²) in [4.78, 5) is 28.7. The molecule has 2 amide bonds. The lowest BCUT2D eigenvalue weighted by molar-refractivity contribution is -0.118. The third-order valence-electron chi connectivity index (χ3n) is 4.64. The number of benzene rings is 2. The van der Waals surface area contributed by atoms with Crippen molar-refractivity contribution in [3.63, 3.8) is 0 Å². The number of ether oxygens (including phenoxy) is 1. The summed E-state index contributed by atoms with van der Waals surface area (Å²) in [5, 5.41) is 8.00. The number of hydrogen-bond acceptors (Lipinski definition) is 5. The maximum absolute atomic E-state index is 12.7. The molecular weight excluding hydrogens is 400 g/mol. The minimum atomic E-state index is -0.226. The Labute approximate surface area is 176 Å². The number of carbonyl (C=O) groups excluding carboxylic acids is 2. The van der Waals surface area contributed by atoms with Gasteiger partial charge in [0.2, 0.25) is 0 Å². The summed E-state index contributed by atoms with van der Waals surface area (Å²) in [6.07, 6.45) is 3.85. The van der Waals surface area contributed by atoms with E-state index in [0.717, 1.165) is 11.3 Å². The normalized spacial score (nSPS) is 12.6. The maximum Gasteiger partial charge on any atom is 0.262 e. The molecule has 2 N–H and O–H groups in total. The molecule has 0 unspecified atom stereocenters. The number of thiazole rings is 1. The van der Waals surface area contributed by atoms with Crippen LogP contribution in [0.25, 0.3) is 16.9 Å². The van der Waals surface area contributed by atoms with Crippen LogP contribution in [0, 0.1) is 0 Å². The zero-order valence-electron chi connectivity index (χ0n) is 15.7. The van der Waals surface area contributed by atoms with Crippen molar-refractivity contribution in [1.29, 1.82) is 0 Å². The molecule has 3 heterocycles. The van der Waals surface area contributed by atoms with Gasteiger partial charge in [-0.2, -0.15) is 0 Å². The molecule has 0 fully saturated rings. The lowest BCUT2D eigenvalue weighted by Gasteiger charge is -2.18. The number of amides is 2. The fourth-order valence-corrected chi connectivity index (χ4v) is 3.90. The molecule has 7 nitrogen and oxygen atoms in total. The molecule has 5 rings (SSSR count). The van der Waals surface area contributed by atoms with Crippen LogP contribution in [0.2, 0.25) is 0 Å². The molecule has 0 bridgehead atoms. The first-order valence-corrected chi connectivity index (χ1v) is 10.1. The van der Waals surface area contributed by atoms with E-state index in [2.05, 4.69) is 15.6 Å². The smallest absolute Gasteiger partial charge is 0.262 e. The molecule has 1 aliphatic rings. The Morgan fingerprint density at radius 2 is 2.00 bits per heavy atom. The van der Waals surface area contributed by atoms with Crippen molar-refractivity contribution < 1.29 is 14.3 Å². The number of carbonyl (C=O) groups is 2. The molecule has 0 atom stereocenters. The number of aromatic nitrogens is 2. The van der Waals surface area contributed by atoms with Crippen LogP contribution in [0.5, 0.6) is 5.75 Å². The molecule has 0 aliphatic carbocycles. The summed E-state index contributed by atoms with van der Waals surface area (Å²) < 4.78 is 7.32. The molecule has 0 radical (unpaired) electrons. The molecular formula is C22H16N4O3S. The van der Waals surface area contributed by atoms with Crippen LogP contribution in [0.4, 0.5) is 10.8 Å². The quantitative estimate of drug-likeness (QED) is 0.523. The summed E-state index contributed by atoms with van der Waals surface area (Å²) in [7, 11) is 0. The van der Waals surface area contributed by atoms with E-state index < -0.39 is 0 Å². The second-order valence-corrected chi connectivity index (χ2v) is 7.54. The van der Waals surface area contributed by atoms with Crippen LogP contribution < -0.4 is 15.4 Å². The zero-order chi connectivity index (χ0) is 20.5. The van der Waals surface area contributed by atoms with Crippen LogP contribution in [0.3, 0.4) is 0 Å². The highest BCUT2D eigenvalue weighted by Crippen LogP contribution is 2.33. The SMILES string of the molecule is O=C1COc2ccc(-c3csc(NC(=O)c4cccc(-n5cccc5)c4)n3)cc2N1. The Hall–Kier alpha value is -3.91. The summed E-state index contributed by atoms with van der Waals surface area (Å²) in [5.41, 5.74) is 3.60. The van der Waals surface area contributed by atoms with Crippen molar-refractivity contribution in [2.45, 2.75) is 0 Å². The number of hydrogen-bond donors (Lipinski definition) is 2. The average molecular weight is 416 g/mol. The predicted octanol–water partition coefficient (Wildman–Crippen LogP) is 4.18. The van der Waals surface area contributed by atoms with Crippen LogP contribution in [-0.2, 0) is 4.79 Å². The molecule has 2 aromatic carbocycles. The van der Waals surface area contributed by atoms with Crippen LogP contribution in [0.15, 0.2) is 72.4 Å². The monoisotopic (exact) mass is 416 g/mol. The van der Waals surface area contributed by atoms with E-state index in [9.17, 15) is 9.59 Å². The third-order valence-corrected chi connectivity index (χ3v) is 5.40. The highest BCUT2D eigenvalue weighted by molar-refractivity contribution is 7.14. The molecule has 8 heteroatoms. The summed E-state index contributed by atoms with van der Waals surface area (Å²) in [6, 6.07) is 16.7. The highest BCUT2D eigenvalue weighted by Gasteiger charge is 2.17.